The molecule has 0 amide bonds. The van der Waals surface area contributed by atoms with E-state index in [4.69, 9.17) is 16.3 Å². The molecule has 2 aliphatic rings. The summed E-state index contributed by atoms with van der Waals surface area (Å²) in [5, 5.41) is 0.684. The third kappa shape index (κ3) is 3.87. The molecule has 0 aliphatic carbocycles. The van der Waals surface area contributed by atoms with Crippen molar-refractivity contribution in [2.45, 2.75) is 10.9 Å². The number of halogens is 1. The van der Waals surface area contributed by atoms with Crippen molar-refractivity contribution in [3.05, 3.63) is 64.7 Å². The summed E-state index contributed by atoms with van der Waals surface area (Å²) in [5.41, 5.74) is 1.72. The summed E-state index contributed by atoms with van der Waals surface area (Å²) in [6, 6.07) is 14.6. The molecule has 1 saturated heterocycles. The van der Waals surface area contributed by atoms with Crippen molar-refractivity contribution in [1.29, 1.82) is 0 Å². The third-order valence-corrected chi connectivity index (χ3v) is 6.48. The summed E-state index contributed by atoms with van der Waals surface area (Å²) in [5.74, 6) is 0.401. The Morgan fingerprint density at radius 2 is 1.81 bits per heavy atom. The van der Waals surface area contributed by atoms with Gasteiger partial charge in [0.05, 0.1) is 30.7 Å². The molecule has 1 fully saturated rings. The molecule has 2 heterocycles. The van der Waals surface area contributed by atoms with Crippen LogP contribution in [0.5, 0.6) is 0 Å². The second kappa shape index (κ2) is 7.59. The Balaban J connectivity index is 1.64. The summed E-state index contributed by atoms with van der Waals surface area (Å²) in [7, 11) is -3.53. The zero-order valence-corrected chi connectivity index (χ0v) is 16.2. The van der Waals surface area contributed by atoms with Crippen molar-refractivity contribution in [1.82, 2.24) is 9.62 Å². The average Bonchev–Trinajstić information content (AvgIpc) is 2.95. The van der Waals surface area contributed by atoms with Gasteiger partial charge in [0.15, 0.2) is 0 Å². The molecule has 1 N–H and O–H groups in total. The Labute approximate surface area is 163 Å². The van der Waals surface area contributed by atoms with Gasteiger partial charge in [-0.3, -0.25) is 14.6 Å². The Morgan fingerprint density at radius 1 is 1.11 bits per heavy atom. The molecule has 2 aromatic carbocycles. The maximum Gasteiger partial charge on any atom is 0.263 e. The lowest BCUT2D eigenvalue weighted by Crippen LogP contribution is -2.40. The second-order valence-electron chi connectivity index (χ2n) is 6.51. The lowest BCUT2D eigenvalue weighted by molar-refractivity contribution is 0.0180. The quantitative estimate of drug-likeness (QED) is 0.848. The lowest BCUT2D eigenvalue weighted by atomic mass is 10.0. The van der Waals surface area contributed by atoms with Crippen molar-refractivity contribution in [3.63, 3.8) is 0 Å². The fraction of sp³-hybridized carbons (Fsp3) is 0.316. The fourth-order valence-electron chi connectivity index (χ4n) is 3.43. The normalized spacial score (nSPS) is 21.6. The van der Waals surface area contributed by atoms with Crippen molar-refractivity contribution in [2.75, 3.05) is 32.8 Å². The van der Waals surface area contributed by atoms with Gasteiger partial charge in [-0.1, -0.05) is 35.9 Å². The van der Waals surface area contributed by atoms with E-state index in [1.807, 2.05) is 30.3 Å². The number of amidine groups is 1. The number of sulfonamides is 1. The number of ether oxygens (including phenoxy) is 1. The molecule has 2 aromatic rings. The molecule has 0 bridgehead atoms. The van der Waals surface area contributed by atoms with Crippen LogP contribution in [-0.2, 0) is 14.8 Å². The van der Waals surface area contributed by atoms with Gasteiger partial charge in [0.2, 0.25) is 0 Å². The van der Waals surface area contributed by atoms with Crippen LogP contribution >= 0.6 is 11.6 Å². The van der Waals surface area contributed by atoms with Crippen LogP contribution in [0.3, 0.4) is 0 Å². The molecular weight excluding hydrogens is 386 g/mol. The highest BCUT2D eigenvalue weighted by Crippen LogP contribution is 2.26. The molecule has 142 valence electrons. The fourth-order valence-corrected chi connectivity index (χ4v) is 4.81. The number of morpholine rings is 1. The van der Waals surface area contributed by atoms with Crippen LogP contribution < -0.4 is 4.72 Å². The Bertz CT molecular complexity index is 954. The van der Waals surface area contributed by atoms with Crippen LogP contribution in [-0.4, -0.2) is 52.0 Å². The SMILES string of the molecule is O=S1(=O)NC(=NCC(c2ccc(Cl)cc2)N2CCOCC2)c2ccccc21. The molecule has 0 spiro atoms. The van der Waals surface area contributed by atoms with Crippen molar-refractivity contribution >= 4 is 27.5 Å². The van der Waals surface area contributed by atoms with Crippen LogP contribution in [0.1, 0.15) is 17.2 Å². The highest BCUT2D eigenvalue weighted by Gasteiger charge is 2.31. The van der Waals surface area contributed by atoms with E-state index in [0.717, 1.165) is 18.7 Å². The minimum atomic E-state index is -3.53. The molecule has 6 nitrogen and oxygen atoms in total. The maximum atomic E-state index is 12.3. The summed E-state index contributed by atoms with van der Waals surface area (Å²) < 4.78 is 32.6. The number of rotatable bonds is 4. The van der Waals surface area contributed by atoms with Crippen LogP contribution in [0, 0.1) is 0 Å². The first kappa shape index (κ1) is 18.4. The van der Waals surface area contributed by atoms with Gasteiger partial charge in [-0.05, 0) is 29.8 Å². The summed E-state index contributed by atoms with van der Waals surface area (Å²) in [4.78, 5) is 7.23. The highest BCUT2D eigenvalue weighted by atomic mass is 35.5. The first-order valence-corrected chi connectivity index (χ1v) is 10.6. The van der Waals surface area contributed by atoms with E-state index in [1.54, 1.807) is 18.2 Å². The first-order valence-electron chi connectivity index (χ1n) is 8.78. The molecule has 8 heteroatoms. The zero-order chi connectivity index (χ0) is 18.9. The Kier molecular flexibility index (Phi) is 5.19. The predicted octanol–water partition coefficient (Wildman–Crippen LogP) is 2.45. The summed E-state index contributed by atoms with van der Waals surface area (Å²) in [6.07, 6.45) is 0. The number of hydrogen-bond acceptors (Lipinski definition) is 5. The van der Waals surface area contributed by atoms with Gasteiger partial charge in [-0.15, -0.1) is 0 Å². The van der Waals surface area contributed by atoms with Gasteiger partial charge in [0.1, 0.15) is 5.84 Å². The molecule has 4 rings (SSSR count). The first-order chi connectivity index (χ1) is 13.0. The minimum absolute atomic E-state index is 0.0240. The van der Waals surface area contributed by atoms with Crippen LogP contribution in [0.4, 0.5) is 0 Å². The summed E-state index contributed by atoms with van der Waals surface area (Å²) in [6.45, 7) is 3.40. The van der Waals surface area contributed by atoms with Gasteiger partial charge < -0.3 is 4.74 Å². The number of nitrogens with zero attached hydrogens (tertiary/aromatic N) is 2. The monoisotopic (exact) mass is 405 g/mol. The standard InChI is InChI=1S/C19H20ClN3O3S/c20-15-7-5-14(6-8-15)17(23-9-11-26-12-10-23)13-21-19-16-3-1-2-4-18(16)27(24,25)22-19/h1-8,17H,9-13H2,(H,21,22). The Hall–Kier alpha value is -1.93. The van der Waals surface area contributed by atoms with E-state index >= 15 is 0 Å². The van der Waals surface area contributed by atoms with E-state index < -0.39 is 10.0 Å². The van der Waals surface area contributed by atoms with E-state index in [-0.39, 0.29) is 10.9 Å². The molecular formula is C19H20ClN3O3S. The van der Waals surface area contributed by atoms with E-state index in [9.17, 15) is 8.42 Å². The zero-order valence-electron chi connectivity index (χ0n) is 14.6. The molecule has 0 aromatic heterocycles. The van der Waals surface area contributed by atoms with Gasteiger partial charge >= 0.3 is 0 Å². The van der Waals surface area contributed by atoms with E-state index in [0.29, 0.717) is 36.2 Å². The molecule has 0 saturated carbocycles. The van der Waals surface area contributed by atoms with Gasteiger partial charge in [0, 0.05) is 23.7 Å². The number of aliphatic imine (C=N–C) groups is 1. The van der Waals surface area contributed by atoms with Crippen LogP contribution in [0.15, 0.2) is 58.4 Å². The lowest BCUT2D eigenvalue weighted by Gasteiger charge is -2.34. The number of benzene rings is 2. The van der Waals surface area contributed by atoms with Gasteiger partial charge in [-0.25, -0.2) is 8.42 Å². The van der Waals surface area contributed by atoms with Crippen molar-refractivity contribution in [3.8, 4) is 0 Å². The molecule has 1 unspecified atom stereocenters. The van der Waals surface area contributed by atoms with Crippen LogP contribution in [0.25, 0.3) is 0 Å². The van der Waals surface area contributed by atoms with Crippen LogP contribution in [0.2, 0.25) is 5.02 Å². The van der Waals surface area contributed by atoms with Crippen molar-refractivity contribution in [2.24, 2.45) is 4.99 Å². The second-order valence-corrected chi connectivity index (χ2v) is 8.59. The number of nitrogens with one attached hydrogen (secondary N) is 1. The number of fused-ring (bicyclic) bond motifs is 1. The van der Waals surface area contributed by atoms with Gasteiger partial charge in [0.25, 0.3) is 10.0 Å². The molecule has 0 radical (unpaired) electrons. The van der Waals surface area contributed by atoms with E-state index in [1.165, 1.54) is 0 Å². The topological polar surface area (TPSA) is 71.0 Å². The molecule has 27 heavy (non-hydrogen) atoms. The number of hydrogen-bond donors (Lipinski definition) is 1. The largest absolute Gasteiger partial charge is 0.379 e. The molecule has 1 atom stereocenters. The average molecular weight is 406 g/mol. The van der Waals surface area contributed by atoms with Gasteiger partial charge in [-0.2, -0.15) is 0 Å². The third-order valence-electron chi connectivity index (χ3n) is 4.83. The minimum Gasteiger partial charge on any atom is -0.379 e. The van der Waals surface area contributed by atoms with E-state index in [2.05, 4.69) is 14.6 Å². The van der Waals surface area contributed by atoms with Crippen molar-refractivity contribution < 1.29 is 13.2 Å². The highest BCUT2D eigenvalue weighted by molar-refractivity contribution is 7.90. The smallest absolute Gasteiger partial charge is 0.263 e. The predicted molar refractivity (Wildman–Crippen MR) is 105 cm³/mol. The summed E-state index contributed by atoms with van der Waals surface area (Å²) >= 11 is 6.03. The molecule has 2 aliphatic heterocycles. The Morgan fingerprint density at radius 3 is 2.56 bits per heavy atom. The maximum absolute atomic E-state index is 12.3.